The zero-order valence-electron chi connectivity index (χ0n) is 5.82. The first-order valence-corrected chi connectivity index (χ1v) is 3.39. The molecule has 0 saturated heterocycles. The highest BCUT2D eigenvalue weighted by molar-refractivity contribution is 5.87. The van der Waals surface area contributed by atoms with Gasteiger partial charge in [0.05, 0.1) is 0 Å². The largest absolute Gasteiger partial charge is 0.477 e. The predicted molar refractivity (Wildman–Crippen MR) is 40.4 cm³/mol. The van der Waals surface area contributed by atoms with Crippen LogP contribution < -0.4 is 0 Å². The van der Waals surface area contributed by atoms with Crippen LogP contribution in [-0.4, -0.2) is 15.6 Å². The molecule has 0 atom stereocenters. The van der Waals surface area contributed by atoms with E-state index >= 15 is 0 Å². The molecule has 0 aromatic carbocycles. The van der Waals surface area contributed by atoms with E-state index < -0.39 is 5.97 Å². The summed E-state index contributed by atoms with van der Waals surface area (Å²) >= 11 is 0. The van der Waals surface area contributed by atoms with Crippen LogP contribution in [-0.2, 0) is 6.42 Å². The zero-order chi connectivity index (χ0) is 7.84. The summed E-state index contributed by atoms with van der Waals surface area (Å²) in [6.07, 6.45) is 4.58. The van der Waals surface area contributed by atoms with Gasteiger partial charge in [-0.05, 0) is 12.1 Å². The van der Waals surface area contributed by atoms with Gasteiger partial charge < -0.3 is 9.67 Å². The minimum absolute atomic E-state index is 0.341. The van der Waals surface area contributed by atoms with E-state index in [0.29, 0.717) is 5.69 Å². The lowest BCUT2D eigenvalue weighted by molar-refractivity contribution is 0.0689. The molecule has 0 unspecified atom stereocenters. The van der Waals surface area contributed by atoms with Crippen LogP contribution in [0.5, 0.6) is 0 Å². The quantitative estimate of drug-likeness (QED) is 0.652. The molecule has 1 aromatic heterocycles. The average molecular weight is 149 g/mol. The van der Waals surface area contributed by atoms with Gasteiger partial charge in [0, 0.05) is 18.3 Å². The molecule has 56 valence electrons. The van der Waals surface area contributed by atoms with Crippen molar-refractivity contribution in [2.45, 2.75) is 6.42 Å². The molecule has 0 bridgehead atoms. The number of carboxylic acids is 1. The number of hydrogen-bond donors (Lipinski definition) is 1. The first-order valence-electron chi connectivity index (χ1n) is 3.39. The number of aromatic carboxylic acids is 1. The molecular formula is C8H7NO2. The van der Waals surface area contributed by atoms with Crippen molar-refractivity contribution in [3.05, 3.63) is 29.6 Å². The molecule has 0 aliphatic carbocycles. The molecule has 1 aliphatic rings. The van der Waals surface area contributed by atoms with Crippen LogP contribution in [0.3, 0.4) is 0 Å². The summed E-state index contributed by atoms with van der Waals surface area (Å²) in [4.78, 5) is 10.6. The highest BCUT2D eigenvalue weighted by Crippen LogP contribution is 2.16. The highest BCUT2D eigenvalue weighted by atomic mass is 16.4. The molecule has 1 aliphatic heterocycles. The van der Waals surface area contributed by atoms with Crippen molar-refractivity contribution in [3.8, 4) is 0 Å². The van der Waals surface area contributed by atoms with Gasteiger partial charge in [0.2, 0.25) is 0 Å². The number of rotatable bonds is 1. The Balaban J connectivity index is 2.58. The van der Waals surface area contributed by atoms with E-state index in [1.165, 1.54) is 0 Å². The standard InChI is InChI=1S/C8H7NO2/c10-8(11)7-4-3-6-2-1-5-9(6)7/h1,3-5H,2H2,(H,10,11). The maximum absolute atomic E-state index is 10.6. The van der Waals surface area contributed by atoms with Crippen LogP contribution in [0.25, 0.3) is 6.20 Å². The number of aromatic nitrogens is 1. The number of nitrogens with zero attached hydrogens (tertiary/aromatic N) is 1. The third kappa shape index (κ3) is 0.774. The summed E-state index contributed by atoms with van der Waals surface area (Å²) < 4.78 is 1.70. The zero-order valence-corrected chi connectivity index (χ0v) is 5.82. The molecule has 1 aromatic rings. The van der Waals surface area contributed by atoms with E-state index in [9.17, 15) is 4.79 Å². The van der Waals surface area contributed by atoms with Crippen molar-refractivity contribution in [2.75, 3.05) is 0 Å². The third-order valence-electron chi connectivity index (χ3n) is 1.80. The summed E-state index contributed by atoms with van der Waals surface area (Å²) in [5.74, 6) is -0.872. The Kier molecular flexibility index (Phi) is 1.12. The molecule has 2 heterocycles. The Morgan fingerprint density at radius 3 is 3.09 bits per heavy atom. The van der Waals surface area contributed by atoms with Gasteiger partial charge in [-0.15, -0.1) is 0 Å². The SMILES string of the molecule is O=C(O)c1ccc2n1C=CC2. The Morgan fingerprint density at radius 2 is 2.36 bits per heavy atom. The molecule has 3 nitrogen and oxygen atoms in total. The molecule has 0 fully saturated rings. The van der Waals surface area contributed by atoms with E-state index in [-0.39, 0.29) is 0 Å². The van der Waals surface area contributed by atoms with Gasteiger partial charge >= 0.3 is 5.97 Å². The van der Waals surface area contributed by atoms with Crippen molar-refractivity contribution in [1.29, 1.82) is 0 Å². The lowest BCUT2D eigenvalue weighted by atomic mass is 10.3. The minimum Gasteiger partial charge on any atom is -0.477 e. The van der Waals surface area contributed by atoms with Crippen LogP contribution in [0.15, 0.2) is 18.2 Å². The van der Waals surface area contributed by atoms with E-state index in [0.717, 1.165) is 12.1 Å². The van der Waals surface area contributed by atoms with E-state index in [1.807, 2.05) is 12.1 Å². The second-order valence-electron chi connectivity index (χ2n) is 2.47. The second-order valence-corrected chi connectivity index (χ2v) is 2.47. The molecule has 0 amide bonds. The maximum atomic E-state index is 10.6. The number of carbonyl (C=O) groups is 1. The first-order chi connectivity index (χ1) is 5.29. The smallest absolute Gasteiger partial charge is 0.352 e. The fraction of sp³-hybridized carbons (Fsp3) is 0.125. The lowest BCUT2D eigenvalue weighted by Crippen LogP contribution is -2.02. The van der Waals surface area contributed by atoms with Gasteiger partial charge in [-0.3, -0.25) is 0 Å². The van der Waals surface area contributed by atoms with Gasteiger partial charge in [-0.1, -0.05) is 6.08 Å². The van der Waals surface area contributed by atoms with Gasteiger partial charge in [-0.2, -0.15) is 0 Å². The lowest BCUT2D eigenvalue weighted by Gasteiger charge is -1.96. The molecular weight excluding hydrogens is 142 g/mol. The van der Waals surface area contributed by atoms with E-state index in [1.54, 1.807) is 16.8 Å². The van der Waals surface area contributed by atoms with Crippen molar-refractivity contribution in [2.24, 2.45) is 0 Å². The Bertz CT molecular complexity index is 336. The van der Waals surface area contributed by atoms with Gasteiger partial charge in [0.15, 0.2) is 0 Å². The van der Waals surface area contributed by atoms with Crippen LogP contribution in [0.1, 0.15) is 16.2 Å². The average Bonchev–Trinajstić information content (AvgIpc) is 2.41. The molecule has 2 rings (SSSR count). The predicted octanol–water partition coefficient (Wildman–Crippen LogP) is 1.21. The van der Waals surface area contributed by atoms with Crippen LogP contribution in [0, 0.1) is 0 Å². The van der Waals surface area contributed by atoms with E-state index in [2.05, 4.69) is 0 Å². The summed E-state index contributed by atoms with van der Waals surface area (Å²) in [6, 6.07) is 3.46. The number of carboxylic acid groups (broad SMARTS) is 1. The molecule has 0 radical (unpaired) electrons. The maximum Gasteiger partial charge on any atom is 0.352 e. The highest BCUT2D eigenvalue weighted by Gasteiger charge is 2.13. The third-order valence-corrected chi connectivity index (χ3v) is 1.80. The van der Waals surface area contributed by atoms with Gasteiger partial charge in [-0.25, -0.2) is 4.79 Å². The minimum atomic E-state index is -0.872. The van der Waals surface area contributed by atoms with Crippen molar-refractivity contribution in [1.82, 2.24) is 4.57 Å². The van der Waals surface area contributed by atoms with Gasteiger partial charge in [0.25, 0.3) is 0 Å². The summed E-state index contributed by atoms with van der Waals surface area (Å²) in [7, 11) is 0. The number of hydrogen-bond acceptors (Lipinski definition) is 1. The fourth-order valence-corrected chi connectivity index (χ4v) is 1.29. The fourth-order valence-electron chi connectivity index (χ4n) is 1.29. The summed E-state index contributed by atoms with van der Waals surface area (Å²) in [6.45, 7) is 0. The Morgan fingerprint density at radius 1 is 1.55 bits per heavy atom. The molecule has 0 saturated carbocycles. The van der Waals surface area contributed by atoms with Crippen LogP contribution in [0.4, 0.5) is 0 Å². The van der Waals surface area contributed by atoms with Gasteiger partial charge in [0.1, 0.15) is 5.69 Å². The molecule has 0 spiro atoms. The first kappa shape index (κ1) is 6.22. The summed E-state index contributed by atoms with van der Waals surface area (Å²) in [5.41, 5.74) is 1.39. The topological polar surface area (TPSA) is 42.2 Å². The van der Waals surface area contributed by atoms with E-state index in [4.69, 9.17) is 5.11 Å². The number of allylic oxidation sites excluding steroid dienone is 1. The Hall–Kier alpha value is -1.51. The number of fused-ring (bicyclic) bond motifs is 1. The van der Waals surface area contributed by atoms with Crippen molar-refractivity contribution in [3.63, 3.8) is 0 Å². The van der Waals surface area contributed by atoms with Crippen LogP contribution in [0.2, 0.25) is 0 Å². The molecule has 1 N–H and O–H groups in total. The Labute approximate surface area is 63.6 Å². The molecule has 11 heavy (non-hydrogen) atoms. The summed E-state index contributed by atoms with van der Waals surface area (Å²) in [5, 5.41) is 8.68. The second kappa shape index (κ2) is 1.99. The van der Waals surface area contributed by atoms with Crippen molar-refractivity contribution < 1.29 is 9.90 Å². The van der Waals surface area contributed by atoms with Crippen molar-refractivity contribution >= 4 is 12.2 Å². The molecule has 3 heteroatoms. The monoisotopic (exact) mass is 149 g/mol. The normalized spacial score (nSPS) is 13.5. The van der Waals surface area contributed by atoms with Crippen LogP contribution >= 0.6 is 0 Å².